The first-order valence-corrected chi connectivity index (χ1v) is 8.14. The molecule has 0 saturated carbocycles. The summed E-state index contributed by atoms with van der Waals surface area (Å²) in [7, 11) is 0. The van der Waals surface area contributed by atoms with E-state index >= 15 is 0 Å². The van der Waals surface area contributed by atoms with Crippen LogP contribution in [0.1, 0.15) is 5.56 Å². The Labute approximate surface area is 153 Å². The molecule has 0 saturated heterocycles. The van der Waals surface area contributed by atoms with Crippen LogP contribution in [0.5, 0.6) is 0 Å². The van der Waals surface area contributed by atoms with Crippen LogP contribution in [0, 0.1) is 11.6 Å². The Hall–Kier alpha value is -2.72. The van der Waals surface area contributed by atoms with Crippen LogP contribution in [-0.4, -0.2) is 31.5 Å². The van der Waals surface area contributed by atoms with E-state index in [1.807, 2.05) is 0 Å². The van der Waals surface area contributed by atoms with Crippen LogP contribution in [0.2, 0.25) is 0 Å². The number of nitrogens with one attached hydrogen (secondary N) is 2. The first-order valence-electron chi connectivity index (χ1n) is 7.69. The second kappa shape index (κ2) is 8.11. The van der Waals surface area contributed by atoms with Crippen LogP contribution >= 0.6 is 12.6 Å². The molecule has 0 radical (unpaired) electrons. The van der Waals surface area contributed by atoms with Crippen molar-refractivity contribution in [2.45, 2.75) is 18.0 Å². The second-order valence-corrected chi connectivity index (χ2v) is 5.84. The number of hydrogen-bond acceptors (Lipinski definition) is 7. The van der Waals surface area contributed by atoms with Crippen molar-refractivity contribution in [2.75, 3.05) is 17.2 Å². The molecule has 1 aromatic carbocycles. The van der Waals surface area contributed by atoms with Gasteiger partial charge in [0, 0.05) is 17.6 Å². The van der Waals surface area contributed by atoms with Gasteiger partial charge in [0.05, 0.1) is 31.2 Å². The SMILES string of the molecule is OCCn1cc(Nc2ncc(F)c(NCc3cc(F)ccc3S)n2)cn1. The minimum absolute atomic E-state index is 0.0257. The summed E-state index contributed by atoms with van der Waals surface area (Å²) in [6.45, 7) is 0.478. The summed E-state index contributed by atoms with van der Waals surface area (Å²) in [4.78, 5) is 8.54. The molecule has 2 aromatic heterocycles. The van der Waals surface area contributed by atoms with Gasteiger partial charge in [-0.15, -0.1) is 12.6 Å². The normalized spacial score (nSPS) is 10.8. The molecule has 136 valence electrons. The molecule has 0 aliphatic rings. The molecule has 3 N–H and O–H groups in total. The molecule has 0 spiro atoms. The predicted molar refractivity (Wildman–Crippen MR) is 95.6 cm³/mol. The van der Waals surface area contributed by atoms with Crippen molar-refractivity contribution in [3.8, 4) is 0 Å². The summed E-state index contributed by atoms with van der Waals surface area (Å²) in [5.41, 5.74) is 1.17. The highest BCUT2D eigenvalue weighted by molar-refractivity contribution is 7.80. The van der Waals surface area contributed by atoms with Crippen molar-refractivity contribution in [3.63, 3.8) is 0 Å². The Morgan fingerprint density at radius 1 is 1.23 bits per heavy atom. The predicted octanol–water partition coefficient (Wildman–Crippen LogP) is 2.59. The maximum absolute atomic E-state index is 13.9. The molecule has 0 atom stereocenters. The van der Waals surface area contributed by atoms with E-state index in [0.29, 0.717) is 22.7 Å². The number of anilines is 3. The van der Waals surface area contributed by atoms with E-state index in [1.54, 1.807) is 10.9 Å². The number of nitrogens with zero attached hydrogens (tertiary/aromatic N) is 4. The number of aliphatic hydroxyl groups excluding tert-OH is 1. The van der Waals surface area contributed by atoms with Gasteiger partial charge in [-0.05, 0) is 23.8 Å². The van der Waals surface area contributed by atoms with E-state index in [9.17, 15) is 8.78 Å². The monoisotopic (exact) mass is 378 g/mol. The number of hydrogen-bond donors (Lipinski definition) is 4. The van der Waals surface area contributed by atoms with Crippen LogP contribution in [0.4, 0.5) is 26.2 Å². The van der Waals surface area contributed by atoms with E-state index < -0.39 is 11.6 Å². The number of aromatic nitrogens is 4. The Morgan fingerprint density at radius 2 is 2.08 bits per heavy atom. The number of benzene rings is 1. The fourth-order valence-corrected chi connectivity index (χ4v) is 2.43. The summed E-state index contributed by atoms with van der Waals surface area (Å²) < 4.78 is 28.8. The molecule has 10 heteroatoms. The topological polar surface area (TPSA) is 87.9 Å². The molecule has 7 nitrogen and oxygen atoms in total. The van der Waals surface area contributed by atoms with Crippen LogP contribution in [0.3, 0.4) is 0 Å². The minimum Gasteiger partial charge on any atom is -0.394 e. The summed E-state index contributed by atoms with van der Waals surface area (Å²) in [6.07, 6.45) is 4.23. The van der Waals surface area contributed by atoms with Gasteiger partial charge in [-0.3, -0.25) is 4.68 Å². The zero-order valence-corrected chi connectivity index (χ0v) is 14.4. The average Bonchev–Trinajstić information content (AvgIpc) is 3.05. The maximum Gasteiger partial charge on any atom is 0.229 e. The van der Waals surface area contributed by atoms with Crippen molar-refractivity contribution in [1.29, 1.82) is 0 Å². The zero-order valence-electron chi connectivity index (χ0n) is 13.5. The van der Waals surface area contributed by atoms with E-state index in [1.165, 1.54) is 24.4 Å². The molecule has 26 heavy (non-hydrogen) atoms. The quantitative estimate of drug-likeness (QED) is 0.473. The lowest BCUT2D eigenvalue weighted by atomic mass is 10.2. The van der Waals surface area contributed by atoms with E-state index in [0.717, 1.165) is 6.20 Å². The van der Waals surface area contributed by atoms with Crippen molar-refractivity contribution in [3.05, 3.63) is 54.0 Å². The highest BCUT2D eigenvalue weighted by Gasteiger charge is 2.09. The van der Waals surface area contributed by atoms with E-state index in [2.05, 4.69) is 38.3 Å². The van der Waals surface area contributed by atoms with E-state index in [4.69, 9.17) is 5.11 Å². The summed E-state index contributed by atoms with van der Waals surface area (Å²) >= 11 is 4.25. The van der Waals surface area contributed by atoms with Gasteiger partial charge in [0.1, 0.15) is 5.82 Å². The molecule has 0 amide bonds. The maximum atomic E-state index is 13.9. The van der Waals surface area contributed by atoms with Gasteiger partial charge in [-0.2, -0.15) is 10.1 Å². The van der Waals surface area contributed by atoms with Crippen molar-refractivity contribution in [2.24, 2.45) is 0 Å². The molecule has 0 fully saturated rings. The Bertz CT molecular complexity index is 904. The van der Waals surface area contributed by atoms with Crippen LogP contribution in [-0.2, 0) is 13.1 Å². The molecular formula is C16H16F2N6OS. The van der Waals surface area contributed by atoms with Crippen molar-refractivity contribution < 1.29 is 13.9 Å². The van der Waals surface area contributed by atoms with Gasteiger partial charge >= 0.3 is 0 Å². The Kier molecular flexibility index (Phi) is 5.64. The Morgan fingerprint density at radius 3 is 2.88 bits per heavy atom. The highest BCUT2D eigenvalue weighted by Crippen LogP contribution is 2.19. The fourth-order valence-electron chi connectivity index (χ4n) is 2.21. The van der Waals surface area contributed by atoms with Gasteiger partial charge < -0.3 is 15.7 Å². The lowest BCUT2D eigenvalue weighted by Gasteiger charge is -2.10. The largest absolute Gasteiger partial charge is 0.394 e. The van der Waals surface area contributed by atoms with Gasteiger partial charge in [-0.25, -0.2) is 13.8 Å². The van der Waals surface area contributed by atoms with Gasteiger partial charge in [-0.1, -0.05) is 0 Å². The van der Waals surface area contributed by atoms with Crippen molar-refractivity contribution in [1.82, 2.24) is 19.7 Å². The second-order valence-electron chi connectivity index (χ2n) is 5.36. The third-order valence-electron chi connectivity index (χ3n) is 3.45. The summed E-state index contributed by atoms with van der Waals surface area (Å²) in [5.74, 6) is -0.890. The third kappa shape index (κ3) is 4.46. The molecule has 3 rings (SSSR count). The summed E-state index contributed by atoms with van der Waals surface area (Å²) in [6, 6.07) is 4.15. The number of rotatable bonds is 7. The molecule has 3 aromatic rings. The molecule has 2 heterocycles. The van der Waals surface area contributed by atoms with Gasteiger partial charge in [0.2, 0.25) is 5.95 Å². The Balaban J connectivity index is 1.71. The van der Waals surface area contributed by atoms with Crippen LogP contribution in [0.25, 0.3) is 0 Å². The van der Waals surface area contributed by atoms with Crippen LogP contribution < -0.4 is 10.6 Å². The zero-order chi connectivity index (χ0) is 18.5. The van der Waals surface area contributed by atoms with Gasteiger partial charge in [0.15, 0.2) is 11.6 Å². The standard InChI is InChI=1S/C16H16F2N6OS/c17-11-1-2-14(26)10(5-11)6-19-15-13(18)8-20-16(23-15)22-12-7-21-24(9-12)3-4-25/h1-2,5,7-9,25-26H,3-4,6H2,(H2,19,20,22,23). The third-order valence-corrected chi connectivity index (χ3v) is 3.89. The first-order chi connectivity index (χ1) is 12.5. The molecule has 0 bridgehead atoms. The van der Waals surface area contributed by atoms with E-state index in [-0.39, 0.29) is 24.9 Å². The fraction of sp³-hybridized carbons (Fsp3) is 0.188. The van der Waals surface area contributed by atoms with Crippen molar-refractivity contribution >= 4 is 30.1 Å². The molecular weight excluding hydrogens is 362 g/mol. The van der Waals surface area contributed by atoms with Gasteiger partial charge in [0.25, 0.3) is 0 Å². The smallest absolute Gasteiger partial charge is 0.229 e. The minimum atomic E-state index is -0.636. The number of halogens is 2. The van der Waals surface area contributed by atoms with Crippen LogP contribution in [0.15, 0.2) is 41.7 Å². The summed E-state index contributed by atoms with van der Waals surface area (Å²) in [5, 5.41) is 18.6. The molecule has 0 unspecified atom stereocenters. The first kappa shape index (κ1) is 18.1. The average molecular weight is 378 g/mol. The number of thiol groups is 1. The molecule has 0 aliphatic heterocycles. The lowest BCUT2D eigenvalue weighted by Crippen LogP contribution is -2.07. The number of aliphatic hydroxyl groups is 1. The lowest BCUT2D eigenvalue weighted by molar-refractivity contribution is 0.269. The highest BCUT2D eigenvalue weighted by atomic mass is 32.1. The molecule has 0 aliphatic carbocycles.